The molecule has 0 unspecified atom stereocenters. The van der Waals surface area contributed by atoms with E-state index in [9.17, 15) is 10.1 Å². The van der Waals surface area contributed by atoms with Gasteiger partial charge in [-0.3, -0.25) is 4.98 Å². The van der Waals surface area contributed by atoms with Crippen molar-refractivity contribution in [2.75, 3.05) is 5.32 Å². The Hall–Kier alpha value is -3.33. The molecule has 2 aromatic heterocycles. The van der Waals surface area contributed by atoms with Gasteiger partial charge in [-0.1, -0.05) is 24.3 Å². The second-order valence-corrected chi connectivity index (χ2v) is 6.52. The number of hydrogen-bond acceptors (Lipinski definition) is 4. The van der Waals surface area contributed by atoms with Crippen LogP contribution in [0.5, 0.6) is 0 Å². The fraction of sp³-hybridized carbons (Fsp3) is 0.150. The van der Waals surface area contributed by atoms with Gasteiger partial charge in [-0.2, -0.15) is 0 Å². The molecule has 0 fully saturated rings. The highest BCUT2D eigenvalue weighted by atomic mass is 16.1. The summed E-state index contributed by atoms with van der Waals surface area (Å²) in [6.45, 7) is 1.40. The molecule has 0 saturated carbocycles. The number of aromatic nitrogens is 2. The molecule has 1 aliphatic rings. The molecule has 1 aliphatic heterocycles. The molecule has 6 heteroatoms. The molecule has 0 saturated heterocycles. The fourth-order valence-corrected chi connectivity index (χ4v) is 3.33. The van der Waals surface area contributed by atoms with Crippen molar-refractivity contribution in [3.8, 4) is 17.4 Å². The number of aryl methyl sites for hydroxylation is 2. The topological polar surface area (TPSA) is 81.6 Å². The summed E-state index contributed by atoms with van der Waals surface area (Å²) in [5.74, 6) is 2.14. The summed E-state index contributed by atoms with van der Waals surface area (Å²) >= 11 is 0. The zero-order valence-electron chi connectivity index (χ0n) is 14.4. The van der Waals surface area contributed by atoms with Crippen LogP contribution in [0.4, 0.5) is 11.4 Å². The summed E-state index contributed by atoms with van der Waals surface area (Å²) in [6.07, 6.45) is 3.03. The van der Waals surface area contributed by atoms with Crippen LogP contribution >= 0.6 is 0 Å². The lowest BCUT2D eigenvalue weighted by atomic mass is 9.41. The molecule has 0 aliphatic carbocycles. The van der Waals surface area contributed by atoms with Crippen LogP contribution in [0.1, 0.15) is 21.6 Å². The van der Waals surface area contributed by atoms with Crippen molar-refractivity contribution in [2.24, 2.45) is 0 Å². The summed E-state index contributed by atoms with van der Waals surface area (Å²) < 4.78 is 0. The maximum atomic E-state index is 12.9. The lowest BCUT2D eigenvalue weighted by Crippen LogP contribution is -2.30. The number of carbonyl (C=O) groups is 1. The van der Waals surface area contributed by atoms with E-state index in [4.69, 9.17) is 0 Å². The number of carbonyl (C=O) groups excluding carboxylic acids is 1. The third-order valence-electron chi connectivity index (χ3n) is 4.69. The first-order valence-electron chi connectivity index (χ1n) is 8.61. The van der Waals surface area contributed by atoms with Gasteiger partial charge in [-0.25, -0.2) is 5.26 Å². The van der Waals surface area contributed by atoms with Crippen LogP contribution in [0.25, 0.3) is 11.4 Å². The van der Waals surface area contributed by atoms with Gasteiger partial charge in [-0.15, -0.1) is 0 Å². The van der Waals surface area contributed by atoms with Crippen LogP contribution in [-0.4, -0.2) is 22.4 Å². The number of hydrogen-bond donors (Lipinski definition) is 2. The fourth-order valence-electron chi connectivity index (χ4n) is 3.33. The summed E-state index contributed by atoms with van der Waals surface area (Å²) in [5, 5.41) is 12.7. The Morgan fingerprint density at radius 1 is 1.23 bits per heavy atom. The minimum atomic E-state index is -0.589. The maximum Gasteiger partial charge on any atom is 0.351 e. The summed E-state index contributed by atoms with van der Waals surface area (Å²) in [6, 6.07) is 13.6. The summed E-state index contributed by atoms with van der Waals surface area (Å²) in [4.78, 5) is 20.7. The second kappa shape index (κ2) is 6.53. The van der Waals surface area contributed by atoms with Crippen molar-refractivity contribution < 1.29 is 4.79 Å². The average molecular weight is 340 g/mol. The van der Waals surface area contributed by atoms with Gasteiger partial charge in [0.15, 0.2) is 0 Å². The third-order valence-corrected chi connectivity index (χ3v) is 4.69. The van der Waals surface area contributed by atoms with Crippen molar-refractivity contribution in [1.82, 2.24) is 9.97 Å². The summed E-state index contributed by atoms with van der Waals surface area (Å²) in [7, 11) is 0. The number of benzene rings is 1. The molecule has 0 bridgehead atoms. The van der Waals surface area contributed by atoms with Crippen LogP contribution in [0.15, 0.2) is 48.7 Å². The number of pyridine rings is 1. The Bertz CT molecular complexity index is 1000. The normalized spacial score (nSPS) is 13.2. The van der Waals surface area contributed by atoms with Gasteiger partial charge in [-0.05, 0) is 43.4 Å². The predicted octanol–water partition coefficient (Wildman–Crippen LogP) is 3.96. The number of H-pyrrole nitrogens is 1. The van der Waals surface area contributed by atoms with Crippen molar-refractivity contribution in [2.45, 2.75) is 19.7 Å². The number of aromatic amines is 1. The van der Waals surface area contributed by atoms with E-state index in [1.54, 1.807) is 6.20 Å². The zero-order chi connectivity index (χ0) is 18.1. The lowest BCUT2D eigenvalue weighted by Gasteiger charge is -2.15. The van der Waals surface area contributed by atoms with E-state index in [2.05, 4.69) is 21.3 Å². The molecule has 126 valence electrons. The Morgan fingerprint density at radius 3 is 2.73 bits per heavy atom. The molecule has 0 spiro atoms. The highest BCUT2D eigenvalue weighted by molar-refractivity contribution is 6.98. The van der Waals surface area contributed by atoms with Gasteiger partial charge < -0.3 is 15.1 Å². The number of fused-ring (bicyclic) bond motifs is 1. The molecule has 3 aromatic rings. The van der Waals surface area contributed by atoms with Crippen LogP contribution in [0.3, 0.4) is 0 Å². The molecule has 0 amide bonds. The van der Waals surface area contributed by atoms with Gasteiger partial charge in [0.2, 0.25) is 0 Å². The molecule has 5 nitrogen and oxygen atoms in total. The van der Waals surface area contributed by atoms with Gasteiger partial charge in [0.25, 0.3) is 0 Å². The lowest BCUT2D eigenvalue weighted by molar-refractivity contribution is 0.107. The Balaban J connectivity index is 1.88. The SMILES string of the molecule is Cc1ccc(-c2[nH]c3c(c2Nc2ccccc2)C(=O)B(C#N)CC3)nc1. The van der Waals surface area contributed by atoms with E-state index < -0.39 is 6.71 Å². The highest BCUT2D eigenvalue weighted by Gasteiger charge is 2.36. The molecule has 3 heterocycles. The first-order chi connectivity index (χ1) is 12.7. The van der Waals surface area contributed by atoms with Gasteiger partial charge in [0, 0.05) is 23.5 Å². The van der Waals surface area contributed by atoms with Crippen LogP contribution in [-0.2, 0) is 6.42 Å². The van der Waals surface area contributed by atoms with Crippen molar-refractivity contribution in [1.29, 1.82) is 5.26 Å². The van der Waals surface area contributed by atoms with Crippen molar-refractivity contribution in [3.63, 3.8) is 0 Å². The van der Waals surface area contributed by atoms with E-state index in [-0.39, 0.29) is 5.68 Å². The minimum Gasteiger partial charge on any atom is -0.355 e. The Kier molecular flexibility index (Phi) is 4.06. The second-order valence-electron chi connectivity index (χ2n) is 6.52. The Morgan fingerprint density at radius 2 is 2.04 bits per heavy atom. The third kappa shape index (κ3) is 2.78. The molecular weight excluding hydrogens is 323 g/mol. The highest BCUT2D eigenvalue weighted by Crippen LogP contribution is 2.38. The van der Waals surface area contributed by atoms with Crippen molar-refractivity contribution >= 4 is 23.8 Å². The number of nitrogens with zero attached hydrogens (tertiary/aromatic N) is 2. The number of rotatable bonds is 3. The van der Waals surface area contributed by atoms with Crippen LogP contribution in [0, 0.1) is 18.2 Å². The van der Waals surface area contributed by atoms with Crippen LogP contribution < -0.4 is 5.32 Å². The monoisotopic (exact) mass is 340 g/mol. The first kappa shape index (κ1) is 16.2. The van der Waals surface area contributed by atoms with E-state index in [1.807, 2.05) is 49.4 Å². The number of anilines is 2. The van der Waals surface area contributed by atoms with Gasteiger partial charge in [0.05, 0.1) is 22.6 Å². The zero-order valence-corrected chi connectivity index (χ0v) is 14.4. The number of nitrogens with one attached hydrogen (secondary N) is 2. The van der Waals surface area contributed by atoms with Gasteiger partial charge in [0.1, 0.15) is 5.68 Å². The Labute approximate surface area is 152 Å². The molecular formula is C20H17BN4O. The van der Waals surface area contributed by atoms with E-state index in [0.717, 1.165) is 28.3 Å². The van der Waals surface area contributed by atoms with Crippen molar-refractivity contribution in [3.05, 3.63) is 65.5 Å². The first-order valence-corrected chi connectivity index (χ1v) is 8.61. The minimum absolute atomic E-state index is 0.123. The quantitative estimate of drug-likeness (QED) is 0.707. The van der Waals surface area contributed by atoms with Gasteiger partial charge >= 0.3 is 6.71 Å². The molecule has 2 N–H and O–H groups in total. The predicted molar refractivity (Wildman–Crippen MR) is 103 cm³/mol. The molecule has 26 heavy (non-hydrogen) atoms. The smallest absolute Gasteiger partial charge is 0.351 e. The summed E-state index contributed by atoms with van der Waals surface area (Å²) in [5.41, 5.74) is 5.55. The van der Waals surface area contributed by atoms with E-state index >= 15 is 0 Å². The number of para-hydroxylation sites is 1. The standard InChI is InChI=1S/C20H17BN4O/c1-13-7-8-16(23-11-13)18-19(24-14-5-3-2-4-6-14)17-15(25-18)9-10-21(12-22)20(17)26/h2-8,11,24-25H,9-10H2,1H3. The average Bonchev–Trinajstić information content (AvgIpc) is 3.03. The molecule has 0 radical (unpaired) electrons. The number of nitriles is 1. The van der Waals surface area contributed by atoms with E-state index in [0.29, 0.717) is 24.0 Å². The largest absolute Gasteiger partial charge is 0.355 e. The molecule has 0 atom stereocenters. The maximum absolute atomic E-state index is 12.9. The molecule has 1 aromatic carbocycles. The van der Waals surface area contributed by atoms with Crippen LogP contribution in [0.2, 0.25) is 6.32 Å². The molecule has 4 rings (SSSR count). The van der Waals surface area contributed by atoms with E-state index in [1.165, 1.54) is 0 Å².